The fourth-order valence-corrected chi connectivity index (χ4v) is 3.50. The highest BCUT2D eigenvalue weighted by Crippen LogP contribution is 2.26. The molecule has 2 N–H and O–H groups in total. The average Bonchev–Trinajstić information content (AvgIpc) is 2.56. The van der Waals surface area contributed by atoms with Crippen LogP contribution in [0.2, 0.25) is 0 Å². The molecule has 0 amide bonds. The van der Waals surface area contributed by atoms with Gasteiger partial charge < -0.3 is 10.2 Å². The van der Waals surface area contributed by atoms with Crippen LogP contribution in [-0.4, -0.2) is 18.6 Å². The highest BCUT2D eigenvalue weighted by Gasteiger charge is 2.17. The van der Waals surface area contributed by atoms with Gasteiger partial charge in [0.15, 0.2) is 0 Å². The molecule has 0 atom stereocenters. The minimum Gasteiger partial charge on any atom is -0.508 e. The van der Waals surface area contributed by atoms with Crippen molar-refractivity contribution in [3.63, 3.8) is 0 Å². The lowest BCUT2D eigenvalue weighted by atomic mass is 10.1. The third-order valence-corrected chi connectivity index (χ3v) is 5.30. The SMILES string of the molecule is O=S(=O)(c1ccc(O)cc1)c1ccc(-c2ccc(O)cc2)cc1. The Morgan fingerprint density at radius 1 is 0.522 bits per heavy atom. The van der Waals surface area contributed by atoms with E-state index in [1.54, 1.807) is 48.5 Å². The van der Waals surface area contributed by atoms with E-state index in [0.29, 0.717) is 0 Å². The van der Waals surface area contributed by atoms with E-state index in [9.17, 15) is 18.6 Å². The highest BCUT2D eigenvalue weighted by atomic mass is 32.2. The maximum Gasteiger partial charge on any atom is 0.206 e. The second-order valence-electron chi connectivity index (χ2n) is 5.07. The van der Waals surface area contributed by atoms with Crippen molar-refractivity contribution in [2.45, 2.75) is 9.79 Å². The van der Waals surface area contributed by atoms with E-state index in [2.05, 4.69) is 0 Å². The molecule has 5 heteroatoms. The predicted octanol–water partition coefficient (Wildman–Crippen LogP) is 3.60. The molecule has 4 nitrogen and oxygen atoms in total. The third-order valence-electron chi connectivity index (χ3n) is 3.51. The van der Waals surface area contributed by atoms with Crippen LogP contribution < -0.4 is 0 Å². The summed E-state index contributed by atoms with van der Waals surface area (Å²) in [4.78, 5) is 0.318. The summed E-state index contributed by atoms with van der Waals surface area (Å²) in [5.74, 6) is 0.201. The van der Waals surface area contributed by atoms with Crippen LogP contribution in [0.15, 0.2) is 82.6 Å². The summed E-state index contributed by atoms with van der Waals surface area (Å²) in [5.41, 5.74) is 1.74. The molecule has 0 saturated heterocycles. The van der Waals surface area contributed by atoms with Gasteiger partial charge in [-0.3, -0.25) is 0 Å². The van der Waals surface area contributed by atoms with Gasteiger partial charge in [-0.05, 0) is 59.7 Å². The van der Waals surface area contributed by atoms with E-state index in [-0.39, 0.29) is 21.3 Å². The maximum absolute atomic E-state index is 12.5. The van der Waals surface area contributed by atoms with Gasteiger partial charge in [-0.2, -0.15) is 0 Å². The Morgan fingerprint density at radius 2 is 0.826 bits per heavy atom. The monoisotopic (exact) mass is 326 g/mol. The Balaban J connectivity index is 1.95. The zero-order valence-corrected chi connectivity index (χ0v) is 12.9. The molecule has 116 valence electrons. The van der Waals surface area contributed by atoms with Gasteiger partial charge in [-0.15, -0.1) is 0 Å². The number of benzene rings is 3. The number of phenolic OH excluding ortho intramolecular Hbond substituents is 2. The smallest absolute Gasteiger partial charge is 0.206 e. The lowest BCUT2D eigenvalue weighted by Gasteiger charge is -2.07. The van der Waals surface area contributed by atoms with Gasteiger partial charge in [0.1, 0.15) is 11.5 Å². The van der Waals surface area contributed by atoms with Crippen molar-refractivity contribution < 1.29 is 18.6 Å². The van der Waals surface area contributed by atoms with E-state index in [1.807, 2.05) is 0 Å². The van der Waals surface area contributed by atoms with E-state index in [1.165, 1.54) is 24.3 Å². The Bertz CT molecular complexity index is 910. The molecular weight excluding hydrogens is 312 g/mol. The molecule has 0 aliphatic rings. The predicted molar refractivity (Wildman–Crippen MR) is 87.1 cm³/mol. The van der Waals surface area contributed by atoms with Crippen LogP contribution in [0, 0.1) is 0 Å². The van der Waals surface area contributed by atoms with Gasteiger partial charge in [-0.1, -0.05) is 24.3 Å². The van der Waals surface area contributed by atoms with Gasteiger partial charge in [0.2, 0.25) is 9.84 Å². The van der Waals surface area contributed by atoms with E-state index < -0.39 is 9.84 Å². The van der Waals surface area contributed by atoms with Crippen molar-refractivity contribution >= 4 is 9.84 Å². The fourth-order valence-electron chi connectivity index (χ4n) is 2.24. The van der Waals surface area contributed by atoms with Crippen molar-refractivity contribution in [1.82, 2.24) is 0 Å². The molecular formula is C18H14O4S. The minimum atomic E-state index is -3.61. The molecule has 0 unspecified atom stereocenters. The molecule has 0 fully saturated rings. The first-order valence-electron chi connectivity index (χ1n) is 6.90. The second kappa shape index (κ2) is 5.78. The van der Waals surface area contributed by atoms with Crippen LogP contribution >= 0.6 is 0 Å². The van der Waals surface area contributed by atoms with Gasteiger partial charge in [0, 0.05) is 0 Å². The molecule has 3 rings (SSSR count). The highest BCUT2D eigenvalue weighted by molar-refractivity contribution is 7.91. The number of aromatic hydroxyl groups is 2. The summed E-state index contributed by atoms with van der Waals surface area (Å²) in [6.45, 7) is 0. The average molecular weight is 326 g/mol. The van der Waals surface area contributed by atoms with Gasteiger partial charge >= 0.3 is 0 Å². The van der Waals surface area contributed by atoms with Crippen LogP contribution in [0.5, 0.6) is 11.5 Å². The van der Waals surface area contributed by atoms with Crippen molar-refractivity contribution in [3.8, 4) is 22.6 Å². The summed E-state index contributed by atoms with van der Waals surface area (Å²) >= 11 is 0. The van der Waals surface area contributed by atoms with Crippen molar-refractivity contribution in [3.05, 3.63) is 72.8 Å². The first kappa shape index (κ1) is 15.1. The Labute approximate surface area is 134 Å². The molecule has 0 aliphatic heterocycles. The van der Waals surface area contributed by atoms with Crippen LogP contribution in [0.3, 0.4) is 0 Å². The van der Waals surface area contributed by atoms with Gasteiger partial charge in [0.25, 0.3) is 0 Å². The van der Waals surface area contributed by atoms with Crippen LogP contribution in [0.4, 0.5) is 0 Å². The lowest BCUT2D eigenvalue weighted by Crippen LogP contribution is -2.01. The Morgan fingerprint density at radius 3 is 1.26 bits per heavy atom. The number of sulfone groups is 1. The van der Waals surface area contributed by atoms with Gasteiger partial charge in [0.05, 0.1) is 9.79 Å². The van der Waals surface area contributed by atoms with Crippen LogP contribution in [0.1, 0.15) is 0 Å². The molecule has 3 aromatic rings. The zero-order chi connectivity index (χ0) is 16.4. The van der Waals surface area contributed by atoms with Crippen LogP contribution in [-0.2, 0) is 9.84 Å². The number of hydrogen-bond donors (Lipinski definition) is 2. The molecule has 0 heterocycles. The molecule has 0 saturated carbocycles. The third kappa shape index (κ3) is 3.05. The first-order valence-corrected chi connectivity index (χ1v) is 8.39. The maximum atomic E-state index is 12.5. The number of rotatable bonds is 3. The molecule has 0 aliphatic carbocycles. The standard InChI is InChI=1S/C18H14O4S/c19-15-5-1-13(2-6-15)14-3-9-17(10-4-14)23(21,22)18-11-7-16(20)8-12-18/h1-12,19-20H. The van der Waals surface area contributed by atoms with Crippen LogP contribution in [0.25, 0.3) is 11.1 Å². The Hall–Kier alpha value is -2.79. The quantitative estimate of drug-likeness (QED) is 0.771. The van der Waals surface area contributed by atoms with E-state index in [4.69, 9.17) is 0 Å². The normalized spacial score (nSPS) is 11.3. The minimum absolute atomic E-state index is 0.0200. The van der Waals surface area contributed by atoms with Gasteiger partial charge in [-0.25, -0.2) is 8.42 Å². The summed E-state index contributed by atoms with van der Waals surface area (Å²) < 4.78 is 25.0. The molecule has 0 radical (unpaired) electrons. The zero-order valence-electron chi connectivity index (χ0n) is 12.0. The first-order chi connectivity index (χ1) is 11.0. The largest absolute Gasteiger partial charge is 0.508 e. The van der Waals surface area contributed by atoms with Crippen molar-refractivity contribution in [1.29, 1.82) is 0 Å². The number of phenols is 2. The molecule has 23 heavy (non-hydrogen) atoms. The topological polar surface area (TPSA) is 74.6 Å². The molecule has 3 aromatic carbocycles. The summed E-state index contributed by atoms with van der Waals surface area (Å²) in [6.07, 6.45) is 0. The summed E-state index contributed by atoms with van der Waals surface area (Å²) in [6, 6.07) is 18.7. The van der Waals surface area contributed by atoms with E-state index in [0.717, 1.165) is 11.1 Å². The molecule has 0 bridgehead atoms. The molecule has 0 aromatic heterocycles. The summed E-state index contributed by atoms with van der Waals surface area (Å²) in [5, 5.41) is 18.6. The molecule has 0 spiro atoms. The summed E-state index contributed by atoms with van der Waals surface area (Å²) in [7, 11) is -3.61. The van der Waals surface area contributed by atoms with Crippen molar-refractivity contribution in [2.75, 3.05) is 0 Å². The lowest BCUT2D eigenvalue weighted by molar-refractivity contribution is 0.474. The van der Waals surface area contributed by atoms with Crippen molar-refractivity contribution in [2.24, 2.45) is 0 Å². The van der Waals surface area contributed by atoms with E-state index >= 15 is 0 Å². The Kier molecular flexibility index (Phi) is 3.80. The second-order valence-corrected chi connectivity index (χ2v) is 7.02. The number of hydrogen-bond acceptors (Lipinski definition) is 4. The fraction of sp³-hybridized carbons (Fsp3) is 0.